The molecule has 7 heteroatoms. The second kappa shape index (κ2) is 9.57. The summed E-state index contributed by atoms with van der Waals surface area (Å²) < 4.78 is 11.1. The molecule has 0 aromatic heterocycles. The lowest BCUT2D eigenvalue weighted by molar-refractivity contribution is -0.118. The van der Waals surface area contributed by atoms with Crippen molar-refractivity contribution in [3.8, 4) is 11.5 Å². The van der Waals surface area contributed by atoms with Crippen LogP contribution < -0.4 is 14.4 Å². The molecule has 3 rings (SSSR count). The van der Waals surface area contributed by atoms with Crippen LogP contribution in [-0.2, 0) is 4.79 Å². The number of benzene rings is 2. The van der Waals surface area contributed by atoms with Crippen molar-refractivity contribution in [2.45, 2.75) is 16.9 Å². The monoisotopic (exact) mass is 433 g/mol. The fourth-order valence-corrected chi connectivity index (χ4v) is 5.22. The Hall–Kier alpha value is -2.15. The smallest absolute Gasteiger partial charge is 0.240 e. The van der Waals surface area contributed by atoms with E-state index in [1.54, 1.807) is 31.3 Å². The Morgan fingerprint density at radius 3 is 2.69 bits per heavy atom. The number of halogens is 1. The Balaban J connectivity index is 2.25. The molecule has 0 radical (unpaired) electrons. The fraction of sp³-hybridized carbons (Fsp3) is 0.318. The number of hydrogen-bond donors (Lipinski definition) is 1. The largest absolute Gasteiger partial charge is 0.493 e. The van der Waals surface area contributed by atoms with Gasteiger partial charge in [0.05, 0.1) is 24.7 Å². The number of para-hydroxylation sites is 1. The first-order valence-electron chi connectivity index (χ1n) is 9.24. The first-order valence-corrected chi connectivity index (χ1v) is 10.6. The Morgan fingerprint density at radius 1 is 1.24 bits per heavy atom. The van der Waals surface area contributed by atoms with E-state index >= 15 is 0 Å². The summed E-state index contributed by atoms with van der Waals surface area (Å²) in [5.41, 5.74) is 2.57. The molecule has 0 saturated carbocycles. The highest BCUT2D eigenvalue weighted by molar-refractivity contribution is 8.01. The van der Waals surface area contributed by atoms with Crippen molar-refractivity contribution in [3.05, 3.63) is 65.2 Å². The number of nitrogens with zero attached hydrogens (tertiary/aromatic N) is 1. The summed E-state index contributed by atoms with van der Waals surface area (Å²) in [5.74, 6) is 1.18. The van der Waals surface area contributed by atoms with Crippen LogP contribution in [0.2, 0.25) is 5.02 Å². The molecule has 2 aromatic carbocycles. The SMILES string of the molecule is C=CCN1C(=O)[C@H](CCO)S[C@@H](c2cccc(OC)c2OC)c2cc(Cl)ccc21. The van der Waals surface area contributed by atoms with Gasteiger partial charge in [0.2, 0.25) is 5.91 Å². The lowest BCUT2D eigenvalue weighted by Gasteiger charge is -2.24. The summed E-state index contributed by atoms with van der Waals surface area (Å²) in [6.45, 7) is 4.09. The zero-order valence-corrected chi connectivity index (χ0v) is 18.0. The van der Waals surface area contributed by atoms with Gasteiger partial charge in [0.1, 0.15) is 0 Å². The van der Waals surface area contributed by atoms with Gasteiger partial charge in [-0.25, -0.2) is 0 Å². The standard InChI is InChI=1S/C22H24ClNO4S/c1-4-11-24-17-9-8-14(23)13-16(17)21(29-19(10-12-25)22(24)26)15-6-5-7-18(27-2)20(15)28-3/h4-9,13,19,21,25H,1,10-12H2,2-3H3/t19-,21-/m0/s1. The van der Waals surface area contributed by atoms with Crippen LogP contribution in [0.5, 0.6) is 11.5 Å². The number of thioether (sulfide) groups is 1. The molecule has 1 heterocycles. The summed E-state index contributed by atoms with van der Waals surface area (Å²) in [6.07, 6.45) is 2.05. The number of amides is 1. The Labute approximate surface area is 180 Å². The molecule has 0 bridgehead atoms. The van der Waals surface area contributed by atoms with E-state index in [0.29, 0.717) is 29.5 Å². The molecular weight excluding hydrogens is 410 g/mol. The predicted molar refractivity (Wildman–Crippen MR) is 118 cm³/mol. The second-order valence-corrected chi connectivity index (χ2v) is 8.29. The van der Waals surface area contributed by atoms with Crippen LogP contribution >= 0.6 is 23.4 Å². The summed E-state index contributed by atoms with van der Waals surface area (Å²) in [5, 5.41) is 9.50. The molecule has 29 heavy (non-hydrogen) atoms. The molecule has 2 atom stereocenters. The number of rotatable bonds is 7. The molecular formula is C22H24ClNO4S. The van der Waals surface area contributed by atoms with Crippen molar-refractivity contribution in [2.24, 2.45) is 0 Å². The van der Waals surface area contributed by atoms with Gasteiger partial charge >= 0.3 is 0 Å². The number of carbonyl (C=O) groups excluding carboxylic acids is 1. The normalized spacial score (nSPS) is 18.8. The average Bonchev–Trinajstić information content (AvgIpc) is 2.84. The molecule has 1 amide bonds. The van der Waals surface area contributed by atoms with E-state index < -0.39 is 5.25 Å². The highest BCUT2D eigenvalue weighted by atomic mass is 35.5. The molecule has 0 spiro atoms. The van der Waals surface area contributed by atoms with Crippen LogP contribution in [0, 0.1) is 0 Å². The number of aliphatic hydroxyl groups excluding tert-OH is 1. The summed E-state index contributed by atoms with van der Waals surface area (Å²) >= 11 is 7.83. The van der Waals surface area contributed by atoms with Crippen molar-refractivity contribution in [2.75, 3.05) is 32.3 Å². The van der Waals surface area contributed by atoms with Crippen molar-refractivity contribution in [3.63, 3.8) is 0 Å². The molecule has 0 fully saturated rings. The van der Waals surface area contributed by atoms with Crippen LogP contribution in [0.25, 0.3) is 0 Å². The number of fused-ring (bicyclic) bond motifs is 1. The van der Waals surface area contributed by atoms with Gasteiger partial charge in [-0.1, -0.05) is 29.8 Å². The molecule has 1 aliphatic heterocycles. The van der Waals surface area contributed by atoms with Crippen molar-refractivity contribution in [1.29, 1.82) is 0 Å². The zero-order valence-electron chi connectivity index (χ0n) is 16.4. The number of carbonyl (C=O) groups is 1. The highest BCUT2D eigenvalue weighted by Gasteiger charge is 2.37. The van der Waals surface area contributed by atoms with Crippen LogP contribution in [0.1, 0.15) is 22.8 Å². The second-order valence-electron chi connectivity index (χ2n) is 6.54. The minimum absolute atomic E-state index is 0.0584. The topological polar surface area (TPSA) is 59.0 Å². The predicted octanol–water partition coefficient (Wildman–Crippen LogP) is 4.46. The highest BCUT2D eigenvalue weighted by Crippen LogP contribution is 2.51. The van der Waals surface area contributed by atoms with Crippen molar-refractivity contribution < 1.29 is 19.4 Å². The molecule has 1 aliphatic rings. The van der Waals surface area contributed by atoms with E-state index in [9.17, 15) is 9.90 Å². The number of ether oxygens (including phenoxy) is 2. The number of anilines is 1. The third-order valence-electron chi connectivity index (χ3n) is 4.82. The maximum Gasteiger partial charge on any atom is 0.240 e. The van der Waals surface area contributed by atoms with Gasteiger partial charge in [-0.3, -0.25) is 4.79 Å². The minimum atomic E-state index is -0.424. The van der Waals surface area contributed by atoms with E-state index in [2.05, 4.69) is 6.58 Å². The van der Waals surface area contributed by atoms with Gasteiger partial charge in [-0.15, -0.1) is 18.3 Å². The Morgan fingerprint density at radius 2 is 2.03 bits per heavy atom. The lowest BCUT2D eigenvalue weighted by Crippen LogP contribution is -2.37. The quantitative estimate of drug-likeness (QED) is 0.653. The van der Waals surface area contributed by atoms with Gasteiger partial charge in [-0.2, -0.15) is 0 Å². The Kier molecular flexibility index (Phi) is 7.11. The molecule has 0 aliphatic carbocycles. The van der Waals surface area contributed by atoms with Gasteiger partial charge < -0.3 is 19.5 Å². The third kappa shape index (κ3) is 4.25. The van der Waals surface area contributed by atoms with Crippen LogP contribution in [0.4, 0.5) is 5.69 Å². The van der Waals surface area contributed by atoms with Crippen LogP contribution in [-0.4, -0.2) is 43.6 Å². The molecule has 2 aromatic rings. The molecule has 154 valence electrons. The molecule has 1 N–H and O–H groups in total. The average molecular weight is 434 g/mol. The van der Waals surface area contributed by atoms with Gasteiger partial charge in [-0.05, 0) is 36.2 Å². The molecule has 0 saturated heterocycles. The number of aliphatic hydroxyl groups is 1. The van der Waals surface area contributed by atoms with Crippen LogP contribution in [0.3, 0.4) is 0 Å². The third-order valence-corrected chi connectivity index (χ3v) is 6.60. The zero-order chi connectivity index (χ0) is 21.0. The number of methoxy groups -OCH3 is 2. The van der Waals surface area contributed by atoms with E-state index in [1.807, 2.05) is 30.3 Å². The maximum atomic E-state index is 13.3. The van der Waals surface area contributed by atoms with E-state index in [4.69, 9.17) is 21.1 Å². The lowest BCUT2D eigenvalue weighted by atomic mass is 10.00. The van der Waals surface area contributed by atoms with E-state index in [1.165, 1.54) is 11.8 Å². The van der Waals surface area contributed by atoms with Gasteiger partial charge in [0, 0.05) is 29.4 Å². The van der Waals surface area contributed by atoms with Gasteiger partial charge in [0.25, 0.3) is 0 Å². The van der Waals surface area contributed by atoms with E-state index in [0.717, 1.165) is 16.8 Å². The fourth-order valence-electron chi connectivity index (χ4n) is 3.55. The van der Waals surface area contributed by atoms with Crippen LogP contribution in [0.15, 0.2) is 49.1 Å². The summed E-state index contributed by atoms with van der Waals surface area (Å²) in [6, 6.07) is 11.2. The first-order chi connectivity index (χ1) is 14.0. The maximum absolute atomic E-state index is 13.3. The van der Waals surface area contributed by atoms with E-state index in [-0.39, 0.29) is 17.8 Å². The Bertz CT molecular complexity index is 904. The minimum Gasteiger partial charge on any atom is -0.493 e. The van der Waals surface area contributed by atoms with Gasteiger partial charge in [0.15, 0.2) is 11.5 Å². The molecule has 0 unspecified atom stereocenters. The van der Waals surface area contributed by atoms with Crippen molar-refractivity contribution >= 4 is 35.0 Å². The summed E-state index contributed by atoms with van der Waals surface area (Å²) in [4.78, 5) is 15.0. The van der Waals surface area contributed by atoms with Crippen molar-refractivity contribution in [1.82, 2.24) is 0 Å². The first kappa shape index (κ1) is 21.6. The number of hydrogen-bond acceptors (Lipinski definition) is 5. The molecule has 5 nitrogen and oxygen atoms in total. The summed E-state index contributed by atoms with van der Waals surface area (Å²) in [7, 11) is 3.19.